The molecule has 1 heterocycles. The molecule has 0 saturated heterocycles. The van der Waals surface area contributed by atoms with Crippen molar-refractivity contribution < 1.29 is 14.3 Å². The van der Waals surface area contributed by atoms with Gasteiger partial charge in [0.2, 0.25) is 0 Å². The maximum absolute atomic E-state index is 12.3. The van der Waals surface area contributed by atoms with Crippen LogP contribution in [0.2, 0.25) is 0 Å². The number of rotatable bonds is 5. The summed E-state index contributed by atoms with van der Waals surface area (Å²) in [6.45, 7) is 0.347. The summed E-state index contributed by atoms with van der Waals surface area (Å²) < 4.78 is 10.5. The van der Waals surface area contributed by atoms with Gasteiger partial charge in [-0.05, 0) is 30.3 Å². The Morgan fingerprint density at radius 1 is 1.17 bits per heavy atom. The second-order valence-electron chi connectivity index (χ2n) is 5.03. The number of nitrogens with zero attached hydrogens (tertiary/aromatic N) is 1. The summed E-state index contributed by atoms with van der Waals surface area (Å²) in [5, 5.41) is 10.7. The molecule has 0 aliphatic heterocycles. The van der Waals surface area contributed by atoms with Gasteiger partial charge in [-0.25, -0.2) is 0 Å². The molecular formula is C17H17N3O3. The topological polar surface area (TPSA) is 76.2 Å². The molecule has 3 aromatic rings. The minimum Gasteiger partial charge on any atom is -0.497 e. The van der Waals surface area contributed by atoms with Crippen molar-refractivity contribution in [2.24, 2.45) is 0 Å². The van der Waals surface area contributed by atoms with Crippen molar-refractivity contribution in [3.63, 3.8) is 0 Å². The average molecular weight is 311 g/mol. The number of aromatic nitrogens is 2. The number of hydrogen-bond acceptors (Lipinski definition) is 4. The normalized spacial score (nSPS) is 10.5. The van der Waals surface area contributed by atoms with Gasteiger partial charge in [-0.3, -0.25) is 9.89 Å². The summed E-state index contributed by atoms with van der Waals surface area (Å²) in [6.07, 6.45) is 1.72. The number of methoxy groups -OCH3 is 2. The smallest absolute Gasteiger partial charge is 0.251 e. The summed E-state index contributed by atoms with van der Waals surface area (Å²) >= 11 is 0. The van der Waals surface area contributed by atoms with E-state index < -0.39 is 0 Å². The van der Waals surface area contributed by atoms with Crippen LogP contribution in [0.4, 0.5) is 0 Å². The van der Waals surface area contributed by atoms with Crippen LogP contribution < -0.4 is 14.8 Å². The van der Waals surface area contributed by atoms with Crippen LogP contribution in [0, 0.1) is 0 Å². The van der Waals surface area contributed by atoms with Crippen LogP contribution in [0.25, 0.3) is 10.9 Å². The molecule has 0 spiro atoms. The number of amides is 1. The molecule has 0 bridgehead atoms. The van der Waals surface area contributed by atoms with Crippen LogP contribution in [-0.2, 0) is 6.54 Å². The number of nitrogens with one attached hydrogen (secondary N) is 2. The molecule has 3 rings (SSSR count). The average Bonchev–Trinajstić information content (AvgIpc) is 3.06. The first-order valence-electron chi connectivity index (χ1n) is 7.13. The largest absolute Gasteiger partial charge is 0.497 e. The van der Waals surface area contributed by atoms with Gasteiger partial charge in [-0.1, -0.05) is 6.07 Å². The molecule has 6 nitrogen and oxygen atoms in total. The zero-order chi connectivity index (χ0) is 16.2. The van der Waals surface area contributed by atoms with Crippen molar-refractivity contribution in [2.75, 3.05) is 14.2 Å². The Labute approximate surface area is 133 Å². The molecule has 23 heavy (non-hydrogen) atoms. The molecule has 2 N–H and O–H groups in total. The van der Waals surface area contributed by atoms with Gasteiger partial charge >= 0.3 is 0 Å². The highest BCUT2D eigenvalue weighted by molar-refractivity contribution is 5.97. The quantitative estimate of drug-likeness (QED) is 0.759. The molecule has 0 unspecified atom stereocenters. The first-order valence-corrected chi connectivity index (χ1v) is 7.13. The lowest BCUT2D eigenvalue weighted by Gasteiger charge is -2.11. The first-order chi connectivity index (χ1) is 11.2. The van der Waals surface area contributed by atoms with Crippen LogP contribution in [-0.4, -0.2) is 30.3 Å². The predicted octanol–water partition coefficient (Wildman–Crippen LogP) is 2.51. The Morgan fingerprint density at radius 2 is 2.04 bits per heavy atom. The molecule has 0 atom stereocenters. The molecule has 2 aromatic carbocycles. The predicted molar refractivity (Wildman–Crippen MR) is 86.8 cm³/mol. The minimum absolute atomic E-state index is 0.161. The number of H-pyrrole nitrogens is 1. The van der Waals surface area contributed by atoms with Crippen molar-refractivity contribution in [3.05, 3.63) is 53.7 Å². The monoisotopic (exact) mass is 311 g/mol. The van der Waals surface area contributed by atoms with E-state index in [9.17, 15) is 4.79 Å². The van der Waals surface area contributed by atoms with E-state index in [0.29, 0.717) is 23.6 Å². The van der Waals surface area contributed by atoms with Gasteiger partial charge in [0.25, 0.3) is 5.91 Å². The SMILES string of the molecule is COc1ccc(OC)c(CNC(=O)c2ccc3cn[nH]c3c2)c1. The van der Waals surface area contributed by atoms with Crippen molar-refractivity contribution in [1.29, 1.82) is 0 Å². The van der Waals surface area contributed by atoms with Crippen molar-refractivity contribution in [1.82, 2.24) is 15.5 Å². The number of fused-ring (bicyclic) bond motifs is 1. The molecule has 0 fully saturated rings. The van der Waals surface area contributed by atoms with Crippen LogP contribution in [0.15, 0.2) is 42.6 Å². The Hall–Kier alpha value is -3.02. The molecule has 0 aliphatic rings. The Bertz CT molecular complexity index is 842. The maximum Gasteiger partial charge on any atom is 0.251 e. The zero-order valence-electron chi connectivity index (χ0n) is 12.9. The highest BCUT2D eigenvalue weighted by atomic mass is 16.5. The van der Waals surface area contributed by atoms with Gasteiger partial charge in [-0.15, -0.1) is 0 Å². The summed E-state index contributed by atoms with van der Waals surface area (Å²) in [5.74, 6) is 1.26. The minimum atomic E-state index is -0.161. The zero-order valence-corrected chi connectivity index (χ0v) is 12.9. The highest BCUT2D eigenvalue weighted by Crippen LogP contribution is 2.23. The van der Waals surface area contributed by atoms with E-state index in [0.717, 1.165) is 16.5 Å². The third kappa shape index (κ3) is 3.11. The lowest BCUT2D eigenvalue weighted by molar-refractivity contribution is 0.0950. The van der Waals surface area contributed by atoms with Crippen molar-refractivity contribution in [3.8, 4) is 11.5 Å². The molecular weight excluding hydrogens is 294 g/mol. The van der Waals surface area contributed by atoms with Crippen LogP contribution in [0.1, 0.15) is 15.9 Å². The number of hydrogen-bond donors (Lipinski definition) is 2. The number of carbonyl (C=O) groups excluding carboxylic acids is 1. The van der Waals surface area contributed by atoms with E-state index in [1.54, 1.807) is 32.5 Å². The maximum atomic E-state index is 12.3. The van der Waals surface area contributed by atoms with Crippen molar-refractivity contribution in [2.45, 2.75) is 6.54 Å². The fraction of sp³-hybridized carbons (Fsp3) is 0.176. The molecule has 0 radical (unpaired) electrons. The number of aromatic amines is 1. The van der Waals surface area contributed by atoms with E-state index in [4.69, 9.17) is 9.47 Å². The van der Waals surface area contributed by atoms with Gasteiger partial charge in [-0.2, -0.15) is 5.10 Å². The van der Waals surface area contributed by atoms with Gasteiger partial charge in [0, 0.05) is 23.1 Å². The Kier molecular flexibility index (Phi) is 4.14. The summed E-state index contributed by atoms with van der Waals surface area (Å²) in [6, 6.07) is 10.9. The van der Waals surface area contributed by atoms with Crippen molar-refractivity contribution >= 4 is 16.8 Å². The first kappa shape index (κ1) is 14.9. The fourth-order valence-corrected chi connectivity index (χ4v) is 2.38. The van der Waals surface area contributed by atoms with E-state index in [1.807, 2.05) is 24.3 Å². The molecule has 118 valence electrons. The number of ether oxygens (including phenoxy) is 2. The lowest BCUT2D eigenvalue weighted by Crippen LogP contribution is -2.23. The van der Waals surface area contributed by atoms with Gasteiger partial charge < -0.3 is 14.8 Å². The van der Waals surface area contributed by atoms with E-state index in [1.165, 1.54) is 0 Å². The van der Waals surface area contributed by atoms with E-state index in [-0.39, 0.29) is 5.91 Å². The second kappa shape index (κ2) is 6.39. The van der Waals surface area contributed by atoms with Crippen LogP contribution in [0.3, 0.4) is 0 Å². The number of benzene rings is 2. The third-order valence-electron chi connectivity index (χ3n) is 3.63. The molecule has 0 aliphatic carbocycles. The Balaban J connectivity index is 1.75. The lowest BCUT2D eigenvalue weighted by atomic mass is 10.1. The summed E-state index contributed by atoms with van der Waals surface area (Å²) in [7, 11) is 3.20. The van der Waals surface area contributed by atoms with E-state index in [2.05, 4.69) is 15.5 Å². The molecule has 6 heteroatoms. The number of carbonyl (C=O) groups is 1. The van der Waals surface area contributed by atoms with E-state index >= 15 is 0 Å². The summed E-state index contributed by atoms with van der Waals surface area (Å²) in [4.78, 5) is 12.3. The van der Waals surface area contributed by atoms with Crippen LogP contribution >= 0.6 is 0 Å². The fourth-order valence-electron chi connectivity index (χ4n) is 2.38. The molecule has 1 amide bonds. The Morgan fingerprint density at radius 3 is 2.83 bits per heavy atom. The molecule has 1 aromatic heterocycles. The van der Waals surface area contributed by atoms with Crippen LogP contribution in [0.5, 0.6) is 11.5 Å². The molecule has 0 saturated carbocycles. The second-order valence-corrected chi connectivity index (χ2v) is 5.03. The van der Waals surface area contributed by atoms with Gasteiger partial charge in [0.1, 0.15) is 11.5 Å². The summed E-state index contributed by atoms with van der Waals surface area (Å²) in [5.41, 5.74) is 2.25. The third-order valence-corrected chi connectivity index (χ3v) is 3.63. The van der Waals surface area contributed by atoms with Gasteiger partial charge in [0.05, 0.1) is 25.9 Å². The van der Waals surface area contributed by atoms with Gasteiger partial charge in [0.15, 0.2) is 0 Å². The standard InChI is InChI=1S/C17H17N3O3/c1-22-14-5-6-16(23-2)13(7-14)9-18-17(21)11-3-4-12-10-19-20-15(12)8-11/h3-8,10H,9H2,1-2H3,(H,18,21)(H,19,20). The highest BCUT2D eigenvalue weighted by Gasteiger charge is 2.10.